The molecule has 0 saturated carbocycles. The fourth-order valence-corrected chi connectivity index (χ4v) is 1.87. The molecule has 1 aromatic carbocycles. The second kappa shape index (κ2) is 6.69. The Morgan fingerprint density at radius 3 is 2.62 bits per heavy atom. The predicted molar refractivity (Wildman–Crippen MR) is 77.1 cm³/mol. The van der Waals surface area contributed by atoms with Gasteiger partial charge >= 0.3 is 5.97 Å². The van der Waals surface area contributed by atoms with E-state index in [9.17, 15) is 9.59 Å². The number of aromatic nitrogens is 2. The van der Waals surface area contributed by atoms with Gasteiger partial charge in [0.25, 0.3) is 0 Å². The average molecular weight is 287 g/mol. The molecule has 0 atom stereocenters. The summed E-state index contributed by atoms with van der Waals surface area (Å²) in [5.41, 5.74) is 2.13. The number of carboxylic acid groups (broad SMARTS) is 1. The lowest BCUT2D eigenvalue weighted by molar-refractivity contribution is -0.120. The SMILES string of the molecule is Cc1ccc(CC(=O)NCCn2cnc(C(=O)O)c2)cc1. The molecule has 0 saturated heterocycles. The van der Waals surface area contributed by atoms with E-state index in [2.05, 4.69) is 10.3 Å². The minimum Gasteiger partial charge on any atom is -0.476 e. The second-order valence-corrected chi connectivity index (χ2v) is 4.81. The molecule has 0 unspecified atom stereocenters. The van der Waals surface area contributed by atoms with E-state index in [0.717, 1.165) is 11.1 Å². The summed E-state index contributed by atoms with van der Waals surface area (Å²) in [6.07, 6.45) is 3.22. The van der Waals surface area contributed by atoms with Gasteiger partial charge in [0.15, 0.2) is 5.69 Å². The lowest BCUT2D eigenvalue weighted by Gasteiger charge is -2.06. The summed E-state index contributed by atoms with van der Waals surface area (Å²) in [7, 11) is 0. The normalized spacial score (nSPS) is 10.3. The minimum absolute atomic E-state index is 0.000909. The highest BCUT2D eigenvalue weighted by Crippen LogP contribution is 2.03. The van der Waals surface area contributed by atoms with Gasteiger partial charge in [0, 0.05) is 19.3 Å². The molecule has 0 aliphatic heterocycles. The van der Waals surface area contributed by atoms with Crippen LogP contribution in [0.1, 0.15) is 21.6 Å². The summed E-state index contributed by atoms with van der Waals surface area (Å²) < 4.78 is 1.63. The first kappa shape index (κ1) is 14.8. The molecule has 0 spiro atoms. The molecule has 1 aromatic heterocycles. The highest BCUT2D eigenvalue weighted by Gasteiger charge is 2.07. The summed E-state index contributed by atoms with van der Waals surface area (Å²) >= 11 is 0. The molecule has 2 N–H and O–H groups in total. The first-order valence-electron chi connectivity index (χ1n) is 6.62. The molecule has 6 heteroatoms. The largest absolute Gasteiger partial charge is 0.476 e. The highest BCUT2D eigenvalue weighted by molar-refractivity contribution is 5.84. The molecule has 0 fully saturated rings. The van der Waals surface area contributed by atoms with Crippen molar-refractivity contribution in [2.24, 2.45) is 0 Å². The summed E-state index contributed by atoms with van der Waals surface area (Å²) in [4.78, 5) is 26.2. The number of hydrogen-bond donors (Lipinski definition) is 2. The van der Waals surface area contributed by atoms with E-state index in [4.69, 9.17) is 5.11 Å². The van der Waals surface area contributed by atoms with Crippen LogP contribution in [-0.2, 0) is 17.8 Å². The van der Waals surface area contributed by atoms with E-state index in [1.165, 1.54) is 12.5 Å². The predicted octanol–water partition coefficient (Wildman–Crippen LogP) is 1.25. The lowest BCUT2D eigenvalue weighted by atomic mass is 10.1. The van der Waals surface area contributed by atoms with Gasteiger partial charge in [-0.15, -0.1) is 0 Å². The van der Waals surface area contributed by atoms with E-state index in [1.54, 1.807) is 4.57 Å². The van der Waals surface area contributed by atoms with Crippen molar-refractivity contribution >= 4 is 11.9 Å². The molecule has 2 rings (SSSR count). The van der Waals surface area contributed by atoms with Crippen molar-refractivity contribution in [3.63, 3.8) is 0 Å². The number of aryl methyl sites for hydroxylation is 1. The molecule has 2 aromatic rings. The number of amides is 1. The van der Waals surface area contributed by atoms with Crippen LogP contribution in [0.2, 0.25) is 0 Å². The van der Waals surface area contributed by atoms with Crippen LogP contribution in [0.25, 0.3) is 0 Å². The Hall–Kier alpha value is -2.63. The number of carbonyl (C=O) groups is 2. The number of carboxylic acids is 1. The van der Waals surface area contributed by atoms with Crippen LogP contribution in [0, 0.1) is 6.92 Å². The topological polar surface area (TPSA) is 84.2 Å². The molecule has 1 heterocycles. The Morgan fingerprint density at radius 2 is 2.00 bits per heavy atom. The molecule has 6 nitrogen and oxygen atoms in total. The van der Waals surface area contributed by atoms with E-state index < -0.39 is 5.97 Å². The molecular weight excluding hydrogens is 270 g/mol. The van der Waals surface area contributed by atoms with Crippen molar-refractivity contribution in [2.45, 2.75) is 19.9 Å². The van der Waals surface area contributed by atoms with E-state index >= 15 is 0 Å². The molecule has 0 radical (unpaired) electrons. The fourth-order valence-electron chi connectivity index (χ4n) is 1.87. The van der Waals surface area contributed by atoms with Crippen molar-refractivity contribution in [1.82, 2.24) is 14.9 Å². The standard InChI is InChI=1S/C15H17N3O3/c1-11-2-4-12(5-3-11)8-14(19)16-6-7-18-9-13(15(20)21)17-10-18/h2-5,9-10H,6-8H2,1H3,(H,16,19)(H,20,21). The van der Waals surface area contributed by atoms with Crippen LogP contribution in [0.5, 0.6) is 0 Å². The number of rotatable bonds is 6. The quantitative estimate of drug-likeness (QED) is 0.837. The van der Waals surface area contributed by atoms with Gasteiger partial charge in [0.1, 0.15) is 0 Å². The van der Waals surface area contributed by atoms with E-state index in [1.807, 2.05) is 31.2 Å². The zero-order chi connectivity index (χ0) is 15.2. The molecular formula is C15H17N3O3. The van der Waals surface area contributed by atoms with Crippen LogP contribution in [-0.4, -0.2) is 33.1 Å². The summed E-state index contributed by atoms with van der Waals surface area (Å²) in [5, 5.41) is 11.5. The molecule has 0 aliphatic carbocycles. The van der Waals surface area contributed by atoms with E-state index in [-0.39, 0.29) is 11.6 Å². The Labute approximate surface area is 122 Å². The number of carbonyl (C=O) groups excluding carboxylic acids is 1. The Morgan fingerprint density at radius 1 is 1.29 bits per heavy atom. The van der Waals surface area contributed by atoms with Crippen LogP contribution < -0.4 is 5.32 Å². The molecule has 110 valence electrons. The van der Waals surface area contributed by atoms with Gasteiger partial charge in [-0.3, -0.25) is 4.79 Å². The summed E-state index contributed by atoms with van der Waals surface area (Å²) in [6.45, 7) is 2.92. The van der Waals surface area contributed by atoms with Gasteiger partial charge < -0.3 is 15.0 Å². The van der Waals surface area contributed by atoms with Gasteiger partial charge in [-0.05, 0) is 12.5 Å². The van der Waals surface area contributed by atoms with Crippen molar-refractivity contribution in [1.29, 1.82) is 0 Å². The molecule has 21 heavy (non-hydrogen) atoms. The average Bonchev–Trinajstić information content (AvgIpc) is 2.90. The van der Waals surface area contributed by atoms with Gasteiger partial charge in [0.05, 0.1) is 12.7 Å². The maximum Gasteiger partial charge on any atom is 0.356 e. The van der Waals surface area contributed by atoms with Crippen molar-refractivity contribution in [3.05, 3.63) is 53.6 Å². The Kier molecular flexibility index (Phi) is 4.71. The van der Waals surface area contributed by atoms with Gasteiger partial charge in [-0.1, -0.05) is 29.8 Å². The fraction of sp³-hybridized carbons (Fsp3) is 0.267. The summed E-state index contributed by atoms with van der Waals surface area (Å²) in [5.74, 6) is -1.12. The number of hydrogen-bond acceptors (Lipinski definition) is 3. The molecule has 1 amide bonds. The zero-order valence-electron chi connectivity index (χ0n) is 11.7. The number of imidazole rings is 1. The third-order valence-electron chi connectivity index (χ3n) is 3.03. The Balaban J connectivity index is 1.76. The van der Waals surface area contributed by atoms with Gasteiger partial charge in [0.2, 0.25) is 5.91 Å². The lowest BCUT2D eigenvalue weighted by Crippen LogP contribution is -2.28. The van der Waals surface area contributed by atoms with Crippen LogP contribution in [0.3, 0.4) is 0 Å². The zero-order valence-corrected chi connectivity index (χ0v) is 11.7. The number of nitrogens with zero attached hydrogens (tertiary/aromatic N) is 2. The number of nitrogens with one attached hydrogen (secondary N) is 1. The first-order valence-corrected chi connectivity index (χ1v) is 6.62. The third kappa shape index (κ3) is 4.45. The highest BCUT2D eigenvalue weighted by atomic mass is 16.4. The van der Waals surface area contributed by atoms with Crippen molar-refractivity contribution < 1.29 is 14.7 Å². The monoisotopic (exact) mass is 287 g/mol. The van der Waals surface area contributed by atoms with Crippen LogP contribution >= 0.6 is 0 Å². The third-order valence-corrected chi connectivity index (χ3v) is 3.03. The number of benzene rings is 1. The second-order valence-electron chi connectivity index (χ2n) is 4.81. The van der Waals surface area contributed by atoms with Gasteiger partial charge in [-0.2, -0.15) is 0 Å². The van der Waals surface area contributed by atoms with Crippen molar-refractivity contribution in [2.75, 3.05) is 6.54 Å². The molecule has 0 bridgehead atoms. The minimum atomic E-state index is -1.06. The smallest absolute Gasteiger partial charge is 0.356 e. The summed E-state index contributed by atoms with van der Waals surface area (Å²) in [6, 6.07) is 7.82. The maximum atomic E-state index is 11.8. The van der Waals surface area contributed by atoms with Crippen molar-refractivity contribution in [3.8, 4) is 0 Å². The van der Waals surface area contributed by atoms with Crippen LogP contribution in [0.15, 0.2) is 36.8 Å². The molecule has 0 aliphatic rings. The number of aromatic carboxylic acids is 1. The maximum absolute atomic E-state index is 11.8. The van der Waals surface area contributed by atoms with Gasteiger partial charge in [-0.25, -0.2) is 9.78 Å². The first-order chi connectivity index (χ1) is 10.0. The van der Waals surface area contributed by atoms with Crippen LogP contribution in [0.4, 0.5) is 0 Å². The Bertz CT molecular complexity index is 632. The van der Waals surface area contributed by atoms with E-state index in [0.29, 0.717) is 19.5 Å².